The first-order valence-corrected chi connectivity index (χ1v) is 9.20. The third kappa shape index (κ3) is 5.34. The van der Waals surface area contributed by atoms with E-state index in [4.69, 9.17) is 0 Å². The van der Waals surface area contributed by atoms with Gasteiger partial charge >= 0.3 is 6.03 Å². The number of benzene rings is 2. The van der Waals surface area contributed by atoms with E-state index >= 15 is 0 Å². The van der Waals surface area contributed by atoms with Crippen molar-refractivity contribution in [2.24, 2.45) is 0 Å². The summed E-state index contributed by atoms with van der Waals surface area (Å²) in [6.07, 6.45) is 4.66. The van der Waals surface area contributed by atoms with Crippen molar-refractivity contribution in [3.8, 4) is 0 Å². The Morgan fingerprint density at radius 3 is 2.27 bits per heavy atom. The second-order valence-electron chi connectivity index (χ2n) is 6.58. The van der Waals surface area contributed by atoms with Crippen LogP contribution in [0, 0.1) is 0 Å². The first kappa shape index (κ1) is 18.0. The minimum absolute atomic E-state index is 0.281. The molecule has 0 unspecified atom stereocenters. The van der Waals surface area contributed by atoms with Crippen LogP contribution in [0.3, 0.4) is 0 Å². The summed E-state index contributed by atoms with van der Waals surface area (Å²) in [5.41, 5.74) is 2.94. The van der Waals surface area contributed by atoms with E-state index in [-0.39, 0.29) is 12.3 Å². The maximum Gasteiger partial charge on any atom is 0.325 e. The lowest BCUT2D eigenvalue weighted by molar-refractivity contribution is -0.119. The smallest absolute Gasteiger partial charge is 0.325 e. The van der Waals surface area contributed by atoms with E-state index in [2.05, 4.69) is 15.5 Å². The first-order chi connectivity index (χ1) is 12.7. The Morgan fingerprint density at radius 2 is 1.58 bits per heavy atom. The molecular formula is C21H25N3O2. The highest BCUT2D eigenvalue weighted by molar-refractivity contribution is 6.01. The van der Waals surface area contributed by atoms with E-state index in [0.717, 1.165) is 18.7 Å². The number of hydrogen-bond donors (Lipinski definition) is 2. The van der Waals surface area contributed by atoms with Crippen molar-refractivity contribution in [2.45, 2.75) is 32.1 Å². The highest BCUT2D eigenvalue weighted by Crippen LogP contribution is 2.21. The summed E-state index contributed by atoms with van der Waals surface area (Å²) in [6, 6.07) is 17.0. The molecule has 0 atom stereocenters. The Hall–Kier alpha value is -2.82. The highest BCUT2D eigenvalue weighted by Gasteiger charge is 2.11. The number of urea groups is 1. The number of piperidine rings is 1. The standard InChI is InChI=1S/C21H25N3O2/c25-20(14-9-17-7-3-1-4-8-17)23-21(26)22-18-10-12-19(13-11-18)24-15-5-2-6-16-24/h1,3-4,7-8,10-13H,2,5-6,9,14-16H2,(H2,22,23,25,26). The predicted molar refractivity (Wildman–Crippen MR) is 104 cm³/mol. The summed E-state index contributed by atoms with van der Waals surface area (Å²) in [4.78, 5) is 26.2. The number of aryl methyl sites for hydroxylation is 1. The fraction of sp³-hybridized carbons (Fsp3) is 0.333. The average molecular weight is 351 g/mol. The third-order valence-corrected chi connectivity index (χ3v) is 4.58. The molecule has 1 fully saturated rings. The van der Waals surface area contributed by atoms with Crippen molar-refractivity contribution in [3.63, 3.8) is 0 Å². The zero-order chi connectivity index (χ0) is 18.2. The molecule has 26 heavy (non-hydrogen) atoms. The van der Waals surface area contributed by atoms with Gasteiger partial charge < -0.3 is 10.2 Å². The fourth-order valence-corrected chi connectivity index (χ4v) is 3.16. The molecule has 1 heterocycles. The van der Waals surface area contributed by atoms with Gasteiger partial charge in [-0.1, -0.05) is 30.3 Å². The van der Waals surface area contributed by atoms with Gasteiger partial charge in [-0.25, -0.2) is 4.79 Å². The molecule has 0 bridgehead atoms. The maximum absolute atomic E-state index is 12.0. The van der Waals surface area contributed by atoms with Gasteiger partial charge in [0.1, 0.15) is 0 Å². The lowest BCUT2D eigenvalue weighted by Gasteiger charge is -2.28. The Labute approximate surface area is 154 Å². The van der Waals surface area contributed by atoms with E-state index in [1.165, 1.54) is 24.9 Å². The van der Waals surface area contributed by atoms with E-state index in [0.29, 0.717) is 12.1 Å². The fourth-order valence-electron chi connectivity index (χ4n) is 3.16. The van der Waals surface area contributed by atoms with Crippen molar-refractivity contribution < 1.29 is 9.59 Å². The number of imide groups is 1. The van der Waals surface area contributed by atoms with Gasteiger partial charge in [0.15, 0.2) is 0 Å². The van der Waals surface area contributed by atoms with Crippen molar-refractivity contribution in [1.82, 2.24) is 5.32 Å². The topological polar surface area (TPSA) is 61.4 Å². The largest absolute Gasteiger partial charge is 0.372 e. The molecule has 2 aromatic carbocycles. The molecule has 3 rings (SSSR count). The Kier molecular flexibility index (Phi) is 6.25. The third-order valence-electron chi connectivity index (χ3n) is 4.58. The van der Waals surface area contributed by atoms with Gasteiger partial charge in [0.05, 0.1) is 0 Å². The molecule has 0 aromatic heterocycles. The Balaban J connectivity index is 1.44. The number of rotatable bonds is 5. The van der Waals surface area contributed by atoms with Crippen LogP contribution >= 0.6 is 0 Å². The number of nitrogens with one attached hydrogen (secondary N) is 2. The summed E-state index contributed by atoms with van der Waals surface area (Å²) < 4.78 is 0. The molecule has 0 saturated carbocycles. The van der Waals surface area contributed by atoms with Crippen LogP contribution in [-0.4, -0.2) is 25.0 Å². The van der Waals surface area contributed by atoms with E-state index in [1.807, 2.05) is 54.6 Å². The van der Waals surface area contributed by atoms with Gasteiger partial charge in [-0.05, 0) is 55.5 Å². The number of nitrogens with zero attached hydrogens (tertiary/aromatic N) is 1. The van der Waals surface area contributed by atoms with Crippen LogP contribution in [0.5, 0.6) is 0 Å². The Morgan fingerprint density at radius 1 is 0.885 bits per heavy atom. The van der Waals surface area contributed by atoms with Gasteiger partial charge in [0.25, 0.3) is 0 Å². The summed E-state index contributed by atoms with van der Waals surface area (Å²) in [6.45, 7) is 2.17. The number of amides is 3. The zero-order valence-electron chi connectivity index (χ0n) is 14.9. The van der Waals surface area contributed by atoms with Crippen molar-refractivity contribution in [2.75, 3.05) is 23.3 Å². The highest BCUT2D eigenvalue weighted by atomic mass is 16.2. The van der Waals surface area contributed by atoms with E-state index in [1.54, 1.807) is 0 Å². The molecule has 1 aliphatic rings. The average Bonchev–Trinajstić information content (AvgIpc) is 2.68. The normalized spacial score (nSPS) is 13.9. The van der Waals surface area contributed by atoms with Crippen LogP contribution in [0.15, 0.2) is 54.6 Å². The molecule has 0 radical (unpaired) electrons. The second kappa shape index (κ2) is 9.04. The molecule has 1 saturated heterocycles. The Bertz CT molecular complexity index is 723. The van der Waals surface area contributed by atoms with Crippen molar-refractivity contribution in [3.05, 3.63) is 60.2 Å². The molecule has 5 nitrogen and oxygen atoms in total. The van der Waals surface area contributed by atoms with Gasteiger partial charge in [-0.3, -0.25) is 10.1 Å². The van der Waals surface area contributed by atoms with Crippen molar-refractivity contribution in [1.29, 1.82) is 0 Å². The number of anilines is 2. The van der Waals surface area contributed by atoms with Gasteiger partial charge in [0, 0.05) is 30.9 Å². The van der Waals surface area contributed by atoms with Crippen LogP contribution in [0.2, 0.25) is 0 Å². The molecule has 0 spiro atoms. The lowest BCUT2D eigenvalue weighted by Crippen LogP contribution is -2.34. The lowest BCUT2D eigenvalue weighted by atomic mass is 10.1. The molecule has 2 N–H and O–H groups in total. The second-order valence-corrected chi connectivity index (χ2v) is 6.58. The summed E-state index contributed by atoms with van der Waals surface area (Å²) >= 11 is 0. The minimum atomic E-state index is -0.492. The monoisotopic (exact) mass is 351 g/mol. The van der Waals surface area contributed by atoms with Gasteiger partial charge in [0.2, 0.25) is 5.91 Å². The summed E-state index contributed by atoms with van der Waals surface area (Å²) in [5.74, 6) is -0.281. The van der Waals surface area contributed by atoms with Crippen LogP contribution in [-0.2, 0) is 11.2 Å². The molecule has 1 aliphatic heterocycles. The quantitative estimate of drug-likeness (QED) is 0.857. The molecule has 0 aliphatic carbocycles. The summed E-state index contributed by atoms with van der Waals surface area (Å²) in [7, 11) is 0. The number of carbonyl (C=O) groups excluding carboxylic acids is 2. The van der Waals surface area contributed by atoms with Crippen LogP contribution in [0.25, 0.3) is 0 Å². The maximum atomic E-state index is 12.0. The predicted octanol–water partition coefficient (Wildman–Crippen LogP) is 3.96. The molecule has 2 aromatic rings. The van der Waals surface area contributed by atoms with E-state index in [9.17, 15) is 9.59 Å². The summed E-state index contributed by atoms with van der Waals surface area (Å²) in [5, 5.41) is 5.09. The number of hydrogen-bond acceptors (Lipinski definition) is 3. The number of carbonyl (C=O) groups is 2. The molecular weight excluding hydrogens is 326 g/mol. The zero-order valence-corrected chi connectivity index (χ0v) is 14.9. The van der Waals surface area contributed by atoms with Crippen LogP contribution < -0.4 is 15.5 Å². The molecule has 3 amide bonds. The molecule has 5 heteroatoms. The van der Waals surface area contributed by atoms with Gasteiger partial charge in [-0.15, -0.1) is 0 Å². The molecule has 136 valence electrons. The van der Waals surface area contributed by atoms with E-state index < -0.39 is 6.03 Å². The SMILES string of the molecule is O=C(CCc1ccccc1)NC(=O)Nc1ccc(N2CCCCC2)cc1. The van der Waals surface area contributed by atoms with Crippen LogP contribution in [0.4, 0.5) is 16.2 Å². The van der Waals surface area contributed by atoms with Crippen molar-refractivity contribution >= 4 is 23.3 Å². The van der Waals surface area contributed by atoms with Crippen LogP contribution in [0.1, 0.15) is 31.2 Å². The van der Waals surface area contributed by atoms with Gasteiger partial charge in [-0.2, -0.15) is 0 Å². The minimum Gasteiger partial charge on any atom is -0.372 e. The first-order valence-electron chi connectivity index (χ1n) is 9.20.